The third kappa shape index (κ3) is 9.06. The minimum atomic E-state index is 0.357. The molecule has 0 saturated carbocycles. The Morgan fingerprint density at radius 2 is 1.92 bits per heavy atom. The van der Waals surface area contributed by atoms with E-state index in [2.05, 4.69) is 10.6 Å². The lowest BCUT2D eigenvalue weighted by Crippen LogP contribution is -2.24. The van der Waals surface area contributed by atoms with Gasteiger partial charge in [0.05, 0.1) is 19.8 Å². The van der Waals surface area contributed by atoms with Crippen molar-refractivity contribution < 1.29 is 14.3 Å². The number of hydrogen-bond acceptors (Lipinski definition) is 4. The predicted molar refractivity (Wildman–Crippen MR) is 43.8 cm³/mol. The van der Waals surface area contributed by atoms with Gasteiger partial charge in [0.25, 0.3) is 0 Å². The molecule has 0 saturated heterocycles. The van der Waals surface area contributed by atoms with Crippen molar-refractivity contribution in [2.24, 2.45) is 0 Å². The average Bonchev–Trinajstić information content (AvgIpc) is 2.10. The van der Waals surface area contributed by atoms with Crippen LogP contribution in [0.1, 0.15) is 0 Å². The summed E-state index contributed by atoms with van der Waals surface area (Å²) in [7, 11) is 0. The maximum absolute atomic E-state index is 9.83. The van der Waals surface area contributed by atoms with E-state index in [0.717, 1.165) is 6.29 Å². The summed E-state index contributed by atoms with van der Waals surface area (Å²) in [6.07, 6.45) is 1.43. The quantitative estimate of drug-likeness (QED) is 0.331. The molecule has 0 radical (unpaired) electrons. The highest BCUT2D eigenvalue weighted by molar-refractivity contribution is 5.51. The van der Waals surface area contributed by atoms with Crippen LogP contribution in [0.25, 0.3) is 0 Å². The van der Waals surface area contributed by atoms with Crippen LogP contribution in [0, 0.1) is 0 Å². The number of aldehydes is 1. The van der Waals surface area contributed by atoms with E-state index in [9.17, 15) is 9.59 Å². The largest absolute Gasteiger partial charge is 0.378 e. The molecule has 0 fully saturated rings. The van der Waals surface area contributed by atoms with Gasteiger partial charge in [0.1, 0.15) is 6.29 Å². The molecule has 0 heterocycles. The maximum atomic E-state index is 9.83. The zero-order valence-electron chi connectivity index (χ0n) is 6.91. The Balaban J connectivity index is 2.81. The highest BCUT2D eigenvalue weighted by atomic mass is 16.5. The van der Waals surface area contributed by atoms with Gasteiger partial charge < -0.3 is 20.2 Å². The lowest BCUT2D eigenvalue weighted by atomic mass is 10.6. The SMILES string of the molecule is O=CCNCCOCCNC=O. The Bertz CT molecular complexity index is 105. The summed E-state index contributed by atoms with van der Waals surface area (Å²) < 4.78 is 5.08. The van der Waals surface area contributed by atoms with Crippen molar-refractivity contribution in [3.05, 3.63) is 0 Å². The number of carbonyl (C=O) groups excluding carboxylic acids is 2. The molecule has 0 unspecified atom stereocenters. The minimum absolute atomic E-state index is 0.357. The van der Waals surface area contributed by atoms with Gasteiger partial charge in [-0.3, -0.25) is 4.79 Å². The van der Waals surface area contributed by atoms with E-state index >= 15 is 0 Å². The molecule has 5 nitrogen and oxygen atoms in total. The van der Waals surface area contributed by atoms with E-state index in [1.807, 2.05) is 0 Å². The molecular formula is C7H14N2O3. The van der Waals surface area contributed by atoms with Gasteiger partial charge in [-0.15, -0.1) is 0 Å². The van der Waals surface area contributed by atoms with Gasteiger partial charge in [-0.25, -0.2) is 0 Å². The summed E-state index contributed by atoms with van der Waals surface area (Å²) >= 11 is 0. The maximum Gasteiger partial charge on any atom is 0.207 e. The van der Waals surface area contributed by atoms with Crippen LogP contribution in [0.3, 0.4) is 0 Å². The first-order valence-electron chi connectivity index (χ1n) is 3.81. The molecule has 1 amide bonds. The second-order valence-electron chi connectivity index (χ2n) is 2.06. The summed E-state index contributed by atoms with van der Waals surface area (Å²) in [5.41, 5.74) is 0. The lowest BCUT2D eigenvalue weighted by Gasteiger charge is -2.02. The summed E-state index contributed by atoms with van der Waals surface area (Å²) in [6.45, 7) is 2.59. The van der Waals surface area contributed by atoms with Crippen molar-refractivity contribution in [1.29, 1.82) is 0 Å². The molecular weight excluding hydrogens is 160 g/mol. The molecule has 0 aliphatic heterocycles. The zero-order valence-corrected chi connectivity index (χ0v) is 6.91. The fourth-order valence-corrected chi connectivity index (χ4v) is 0.597. The van der Waals surface area contributed by atoms with E-state index in [-0.39, 0.29) is 0 Å². The topological polar surface area (TPSA) is 67.4 Å². The van der Waals surface area contributed by atoms with Crippen LogP contribution in [0.4, 0.5) is 0 Å². The standard InChI is InChI=1S/C7H14N2O3/c10-4-1-8-2-5-12-6-3-9-7-11/h4,7-8H,1-3,5-6H2,(H,9,11). The second-order valence-corrected chi connectivity index (χ2v) is 2.06. The molecule has 70 valence electrons. The van der Waals surface area contributed by atoms with Crippen LogP contribution in [0.2, 0.25) is 0 Å². The molecule has 0 bridgehead atoms. The highest BCUT2D eigenvalue weighted by Crippen LogP contribution is 1.70. The Morgan fingerprint density at radius 3 is 2.58 bits per heavy atom. The van der Waals surface area contributed by atoms with Gasteiger partial charge in [0.15, 0.2) is 0 Å². The second kappa shape index (κ2) is 10.1. The predicted octanol–water partition coefficient (Wildman–Crippen LogP) is -1.46. The summed E-state index contributed by atoms with van der Waals surface area (Å²) in [5, 5.41) is 5.31. The number of rotatable bonds is 9. The summed E-state index contributed by atoms with van der Waals surface area (Å²) in [5.74, 6) is 0. The first-order chi connectivity index (χ1) is 5.91. The molecule has 0 atom stereocenters. The number of carbonyl (C=O) groups is 2. The van der Waals surface area contributed by atoms with Crippen molar-refractivity contribution in [1.82, 2.24) is 10.6 Å². The Labute approximate surface area is 71.5 Å². The Hall–Kier alpha value is -0.940. The molecule has 0 aliphatic rings. The highest BCUT2D eigenvalue weighted by Gasteiger charge is 1.87. The van der Waals surface area contributed by atoms with E-state index in [1.54, 1.807) is 0 Å². The molecule has 12 heavy (non-hydrogen) atoms. The molecule has 0 aromatic heterocycles. The molecule has 0 aliphatic carbocycles. The minimum Gasteiger partial charge on any atom is -0.378 e. The number of amides is 1. The van der Waals surface area contributed by atoms with Crippen molar-refractivity contribution in [2.45, 2.75) is 0 Å². The number of ether oxygens (including phenoxy) is 1. The number of nitrogens with one attached hydrogen (secondary N) is 2. The molecule has 0 aromatic rings. The van der Waals surface area contributed by atoms with Crippen molar-refractivity contribution in [3.63, 3.8) is 0 Å². The molecule has 2 N–H and O–H groups in total. The van der Waals surface area contributed by atoms with Gasteiger partial charge >= 0.3 is 0 Å². The lowest BCUT2D eigenvalue weighted by molar-refractivity contribution is -0.110. The van der Waals surface area contributed by atoms with E-state index < -0.39 is 0 Å². The van der Waals surface area contributed by atoms with E-state index in [4.69, 9.17) is 4.74 Å². The average molecular weight is 174 g/mol. The number of hydrogen-bond donors (Lipinski definition) is 2. The van der Waals surface area contributed by atoms with E-state index in [1.165, 1.54) is 0 Å². The van der Waals surface area contributed by atoms with E-state index in [0.29, 0.717) is 39.3 Å². The van der Waals surface area contributed by atoms with Crippen molar-refractivity contribution in [2.75, 3.05) is 32.8 Å². The fraction of sp³-hybridized carbons (Fsp3) is 0.714. The molecule has 0 aromatic carbocycles. The Kier molecular flexibility index (Phi) is 9.27. The summed E-state index contributed by atoms with van der Waals surface area (Å²) in [6, 6.07) is 0. The van der Waals surface area contributed by atoms with Crippen LogP contribution in [-0.2, 0) is 14.3 Å². The molecule has 0 spiro atoms. The van der Waals surface area contributed by atoms with Crippen LogP contribution in [0.5, 0.6) is 0 Å². The third-order valence-electron chi connectivity index (χ3n) is 1.12. The zero-order chi connectivity index (χ0) is 9.07. The van der Waals surface area contributed by atoms with Gasteiger partial charge in [-0.05, 0) is 0 Å². The van der Waals surface area contributed by atoms with Crippen molar-refractivity contribution in [3.8, 4) is 0 Å². The van der Waals surface area contributed by atoms with Crippen LogP contribution >= 0.6 is 0 Å². The van der Waals surface area contributed by atoms with Gasteiger partial charge in [-0.2, -0.15) is 0 Å². The first-order valence-corrected chi connectivity index (χ1v) is 3.81. The third-order valence-corrected chi connectivity index (χ3v) is 1.12. The smallest absolute Gasteiger partial charge is 0.207 e. The van der Waals surface area contributed by atoms with Crippen LogP contribution in [-0.4, -0.2) is 45.5 Å². The van der Waals surface area contributed by atoms with Crippen molar-refractivity contribution >= 4 is 12.7 Å². The summed E-state index contributed by atoms with van der Waals surface area (Å²) in [4.78, 5) is 19.6. The molecule has 5 heteroatoms. The normalized spacial score (nSPS) is 9.33. The monoisotopic (exact) mass is 174 g/mol. The van der Waals surface area contributed by atoms with Gasteiger partial charge in [-0.1, -0.05) is 0 Å². The van der Waals surface area contributed by atoms with Crippen LogP contribution < -0.4 is 10.6 Å². The van der Waals surface area contributed by atoms with Crippen LogP contribution in [0.15, 0.2) is 0 Å². The van der Waals surface area contributed by atoms with Gasteiger partial charge in [0.2, 0.25) is 6.41 Å². The Morgan fingerprint density at radius 1 is 1.17 bits per heavy atom. The fourth-order valence-electron chi connectivity index (χ4n) is 0.597. The molecule has 0 rings (SSSR count). The van der Waals surface area contributed by atoms with Gasteiger partial charge in [0, 0.05) is 13.1 Å². The first kappa shape index (κ1) is 11.1.